The Kier molecular flexibility index (Phi) is 10.4. The average Bonchev–Trinajstić information content (AvgIpc) is 3.32. The molecule has 0 radical (unpaired) electrons. The number of rotatable bonds is 13. The summed E-state index contributed by atoms with van der Waals surface area (Å²) in [5, 5.41) is 15.1. The number of aliphatic imine (C=N–C) groups is 1. The van der Waals surface area contributed by atoms with Gasteiger partial charge in [-0.2, -0.15) is 0 Å². The summed E-state index contributed by atoms with van der Waals surface area (Å²) in [6.45, 7) is 8.59. The average molecular weight is 449 g/mol. The van der Waals surface area contributed by atoms with Crippen LogP contribution in [0.4, 0.5) is 0 Å². The third-order valence-corrected chi connectivity index (χ3v) is 5.45. The molecule has 7 nitrogen and oxygen atoms in total. The summed E-state index contributed by atoms with van der Waals surface area (Å²) in [6.07, 6.45) is 3.58. The van der Waals surface area contributed by atoms with Crippen LogP contribution in [0.1, 0.15) is 43.1 Å². The Morgan fingerprint density at radius 1 is 0.970 bits per heavy atom. The second-order valence-electron chi connectivity index (χ2n) is 7.76. The number of hydrogen-bond acceptors (Lipinski definition) is 4. The van der Waals surface area contributed by atoms with Gasteiger partial charge in [-0.1, -0.05) is 67.6 Å². The Morgan fingerprint density at radius 3 is 2.27 bits per heavy atom. The molecule has 0 aliphatic carbocycles. The minimum atomic E-state index is 0.193. The number of aryl methyl sites for hydroxylation is 1. The number of guanidine groups is 1. The zero-order valence-corrected chi connectivity index (χ0v) is 19.8. The first-order valence-electron chi connectivity index (χ1n) is 11.9. The number of ether oxygens (including phenoxy) is 1. The lowest BCUT2D eigenvalue weighted by molar-refractivity contribution is 0.145. The van der Waals surface area contributed by atoms with E-state index in [4.69, 9.17) is 9.73 Å². The molecule has 3 rings (SSSR count). The zero-order chi connectivity index (χ0) is 23.1. The molecule has 0 aliphatic heterocycles. The van der Waals surface area contributed by atoms with Gasteiger partial charge in [0.1, 0.15) is 12.2 Å². The molecule has 2 N–H and O–H groups in total. The Labute approximate surface area is 197 Å². The molecule has 7 heteroatoms. The van der Waals surface area contributed by atoms with Gasteiger partial charge in [-0.05, 0) is 24.5 Å². The van der Waals surface area contributed by atoms with Crippen molar-refractivity contribution in [3.8, 4) is 0 Å². The Morgan fingerprint density at radius 2 is 1.64 bits per heavy atom. The van der Waals surface area contributed by atoms with E-state index in [2.05, 4.69) is 93.0 Å². The first-order chi connectivity index (χ1) is 16.3. The van der Waals surface area contributed by atoms with Gasteiger partial charge in [-0.15, -0.1) is 10.2 Å². The molecule has 176 valence electrons. The maximum Gasteiger partial charge on any atom is 0.191 e. The molecule has 0 spiro atoms. The van der Waals surface area contributed by atoms with Crippen LogP contribution in [0.5, 0.6) is 0 Å². The highest BCUT2D eigenvalue weighted by Crippen LogP contribution is 2.24. The monoisotopic (exact) mass is 448 g/mol. The topological polar surface area (TPSA) is 76.4 Å². The minimum absolute atomic E-state index is 0.193. The van der Waals surface area contributed by atoms with Crippen molar-refractivity contribution in [2.45, 2.75) is 39.2 Å². The van der Waals surface area contributed by atoms with E-state index in [9.17, 15) is 0 Å². The van der Waals surface area contributed by atoms with E-state index in [1.807, 2.05) is 6.92 Å². The molecule has 0 aliphatic rings. The van der Waals surface area contributed by atoms with Crippen LogP contribution in [0, 0.1) is 0 Å². The highest BCUT2D eigenvalue weighted by Gasteiger charge is 2.14. The van der Waals surface area contributed by atoms with E-state index in [1.54, 1.807) is 6.33 Å². The summed E-state index contributed by atoms with van der Waals surface area (Å²) in [6, 6.07) is 21.2. The fourth-order valence-electron chi connectivity index (χ4n) is 3.69. The normalized spacial score (nSPS) is 11.7. The van der Waals surface area contributed by atoms with Gasteiger partial charge < -0.3 is 19.9 Å². The molecule has 3 aromatic rings. The number of hydrogen-bond donors (Lipinski definition) is 2. The minimum Gasteiger partial charge on any atom is -0.382 e. The third kappa shape index (κ3) is 8.02. The van der Waals surface area contributed by atoms with Gasteiger partial charge in [0.15, 0.2) is 5.96 Å². The summed E-state index contributed by atoms with van der Waals surface area (Å²) in [7, 11) is 0. The van der Waals surface area contributed by atoms with Crippen LogP contribution in [-0.2, 0) is 17.7 Å². The molecule has 1 aromatic heterocycles. The molecular formula is C26H36N6O. The van der Waals surface area contributed by atoms with Gasteiger partial charge >= 0.3 is 0 Å². The lowest BCUT2D eigenvalue weighted by Crippen LogP contribution is -2.40. The lowest BCUT2D eigenvalue weighted by Gasteiger charge is -2.18. The molecule has 0 atom stereocenters. The van der Waals surface area contributed by atoms with Crippen molar-refractivity contribution in [1.82, 2.24) is 25.4 Å². The quantitative estimate of drug-likeness (QED) is 0.237. The first kappa shape index (κ1) is 24.5. The zero-order valence-electron chi connectivity index (χ0n) is 19.8. The number of nitrogens with zero attached hydrogens (tertiary/aromatic N) is 4. The summed E-state index contributed by atoms with van der Waals surface area (Å²) < 4.78 is 7.55. The van der Waals surface area contributed by atoms with Crippen LogP contribution >= 0.6 is 0 Å². The van der Waals surface area contributed by atoms with E-state index in [0.717, 1.165) is 57.5 Å². The van der Waals surface area contributed by atoms with Crippen molar-refractivity contribution in [2.24, 2.45) is 4.99 Å². The van der Waals surface area contributed by atoms with Crippen LogP contribution in [-0.4, -0.2) is 53.6 Å². The van der Waals surface area contributed by atoms with Gasteiger partial charge in [-0.25, -0.2) is 0 Å². The summed E-state index contributed by atoms with van der Waals surface area (Å²) in [4.78, 5) is 4.97. The fourth-order valence-corrected chi connectivity index (χ4v) is 3.69. The molecule has 0 unspecified atom stereocenters. The molecular weight excluding hydrogens is 412 g/mol. The van der Waals surface area contributed by atoms with Crippen molar-refractivity contribution >= 4 is 5.96 Å². The maximum atomic E-state index is 5.47. The largest absolute Gasteiger partial charge is 0.382 e. The second kappa shape index (κ2) is 14.1. The highest BCUT2D eigenvalue weighted by molar-refractivity contribution is 5.79. The summed E-state index contributed by atoms with van der Waals surface area (Å²) in [5.41, 5.74) is 2.53. The summed E-state index contributed by atoms with van der Waals surface area (Å²) >= 11 is 0. The Hall–Kier alpha value is -3.19. The molecule has 2 aromatic carbocycles. The van der Waals surface area contributed by atoms with Crippen molar-refractivity contribution in [3.05, 3.63) is 83.9 Å². The van der Waals surface area contributed by atoms with Gasteiger partial charge in [0.05, 0.1) is 6.54 Å². The van der Waals surface area contributed by atoms with Crippen molar-refractivity contribution < 1.29 is 4.74 Å². The van der Waals surface area contributed by atoms with Gasteiger partial charge in [0, 0.05) is 45.2 Å². The highest BCUT2D eigenvalue weighted by atomic mass is 16.5. The first-order valence-corrected chi connectivity index (χ1v) is 11.9. The molecule has 0 saturated carbocycles. The van der Waals surface area contributed by atoms with E-state index in [-0.39, 0.29) is 5.92 Å². The predicted molar refractivity (Wildman–Crippen MR) is 134 cm³/mol. The predicted octanol–water partition coefficient (Wildman–Crippen LogP) is 3.63. The SMILES string of the molecule is CCOCCCNC(=NCC(c1ccccc1)c1ccccc1)NCCn1cnnc1CC. The molecule has 0 amide bonds. The van der Waals surface area contributed by atoms with Gasteiger partial charge in [-0.3, -0.25) is 4.99 Å². The molecule has 0 bridgehead atoms. The van der Waals surface area contributed by atoms with Crippen molar-refractivity contribution in [2.75, 3.05) is 32.8 Å². The van der Waals surface area contributed by atoms with Gasteiger partial charge in [0.2, 0.25) is 0 Å². The van der Waals surface area contributed by atoms with Crippen LogP contribution in [0.2, 0.25) is 0 Å². The molecule has 0 fully saturated rings. The van der Waals surface area contributed by atoms with E-state index < -0.39 is 0 Å². The standard InChI is InChI=1S/C26H36N6O/c1-3-25-31-30-21-32(25)18-17-28-26(27-16-11-19-33-4-2)29-20-24(22-12-7-5-8-13-22)23-14-9-6-10-15-23/h5-10,12-15,21,24H,3-4,11,16-20H2,1-2H3,(H2,27,28,29). The summed E-state index contributed by atoms with van der Waals surface area (Å²) in [5.74, 6) is 2.00. The lowest BCUT2D eigenvalue weighted by atomic mass is 9.91. The maximum absolute atomic E-state index is 5.47. The molecule has 33 heavy (non-hydrogen) atoms. The van der Waals surface area contributed by atoms with E-state index in [0.29, 0.717) is 6.54 Å². The number of benzene rings is 2. The second-order valence-corrected chi connectivity index (χ2v) is 7.76. The molecule has 1 heterocycles. The van der Waals surface area contributed by atoms with E-state index in [1.165, 1.54) is 11.1 Å². The Balaban J connectivity index is 1.68. The van der Waals surface area contributed by atoms with Crippen LogP contribution in [0.25, 0.3) is 0 Å². The van der Waals surface area contributed by atoms with Crippen molar-refractivity contribution in [1.29, 1.82) is 0 Å². The number of aromatic nitrogens is 3. The Bertz CT molecular complexity index is 902. The molecule has 0 saturated heterocycles. The van der Waals surface area contributed by atoms with E-state index >= 15 is 0 Å². The fraction of sp³-hybridized carbons (Fsp3) is 0.423. The number of nitrogens with one attached hydrogen (secondary N) is 2. The smallest absolute Gasteiger partial charge is 0.191 e. The van der Waals surface area contributed by atoms with Crippen molar-refractivity contribution in [3.63, 3.8) is 0 Å². The van der Waals surface area contributed by atoms with Crippen LogP contribution in [0.3, 0.4) is 0 Å². The van der Waals surface area contributed by atoms with Crippen LogP contribution < -0.4 is 10.6 Å². The van der Waals surface area contributed by atoms with Crippen LogP contribution in [0.15, 0.2) is 72.0 Å². The van der Waals surface area contributed by atoms with Gasteiger partial charge in [0.25, 0.3) is 0 Å². The third-order valence-electron chi connectivity index (χ3n) is 5.45.